The van der Waals surface area contributed by atoms with Gasteiger partial charge in [-0.1, -0.05) is 12.1 Å². The molecule has 0 aliphatic heterocycles. The fourth-order valence-corrected chi connectivity index (χ4v) is 1.99. The minimum Gasteiger partial charge on any atom is -0.395 e. The zero-order valence-electron chi connectivity index (χ0n) is 7.90. The van der Waals surface area contributed by atoms with Gasteiger partial charge in [0.25, 0.3) is 0 Å². The lowest BCUT2D eigenvalue weighted by molar-refractivity contribution is 0.311. The number of hydrogen-bond donors (Lipinski definition) is 2. The summed E-state index contributed by atoms with van der Waals surface area (Å²) >= 11 is 0. The summed E-state index contributed by atoms with van der Waals surface area (Å²) in [5.74, 6) is 0. The van der Waals surface area contributed by atoms with E-state index in [1.165, 1.54) is 6.07 Å². The SMILES string of the molecule is CS(=O)(=O)c1ccccc1NCCO. The Balaban J connectivity index is 3.04. The second-order valence-electron chi connectivity index (χ2n) is 2.92. The highest BCUT2D eigenvalue weighted by molar-refractivity contribution is 7.90. The highest BCUT2D eigenvalue weighted by Crippen LogP contribution is 2.19. The van der Waals surface area contributed by atoms with Gasteiger partial charge in [0, 0.05) is 12.8 Å². The molecule has 0 bridgehead atoms. The van der Waals surface area contributed by atoms with Crippen LogP contribution in [0.1, 0.15) is 0 Å². The van der Waals surface area contributed by atoms with E-state index in [0.717, 1.165) is 6.26 Å². The number of sulfone groups is 1. The maximum absolute atomic E-state index is 11.3. The van der Waals surface area contributed by atoms with Crippen molar-refractivity contribution in [2.45, 2.75) is 4.90 Å². The molecule has 5 heteroatoms. The van der Waals surface area contributed by atoms with Crippen LogP contribution in [0.5, 0.6) is 0 Å². The molecule has 1 rings (SSSR count). The molecule has 0 atom stereocenters. The van der Waals surface area contributed by atoms with Gasteiger partial charge in [-0.15, -0.1) is 0 Å². The fraction of sp³-hybridized carbons (Fsp3) is 0.333. The second kappa shape index (κ2) is 4.43. The number of aliphatic hydroxyl groups excluding tert-OH is 1. The summed E-state index contributed by atoms with van der Waals surface area (Å²) in [4.78, 5) is 0.258. The zero-order chi connectivity index (χ0) is 10.6. The van der Waals surface area contributed by atoms with Crippen molar-refractivity contribution in [2.24, 2.45) is 0 Å². The van der Waals surface area contributed by atoms with Crippen molar-refractivity contribution in [3.63, 3.8) is 0 Å². The number of hydrogen-bond acceptors (Lipinski definition) is 4. The van der Waals surface area contributed by atoms with Crippen molar-refractivity contribution in [3.8, 4) is 0 Å². The third-order valence-electron chi connectivity index (χ3n) is 1.71. The van der Waals surface area contributed by atoms with E-state index in [4.69, 9.17) is 5.11 Å². The molecule has 0 saturated carbocycles. The quantitative estimate of drug-likeness (QED) is 0.767. The van der Waals surface area contributed by atoms with Crippen molar-refractivity contribution in [1.82, 2.24) is 0 Å². The number of nitrogens with one attached hydrogen (secondary N) is 1. The summed E-state index contributed by atoms with van der Waals surface area (Å²) in [6.45, 7) is 0.310. The van der Waals surface area contributed by atoms with Crippen molar-refractivity contribution < 1.29 is 13.5 Å². The maximum Gasteiger partial charge on any atom is 0.177 e. The van der Waals surface area contributed by atoms with E-state index >= 15 is 0 Å². The van der Waals surface area contributed by atoms with E-state index in [-0.39, 0.29) is 11.5 Å². The van der Waals surface area contributed by atoms with Crippen LogP contribution in [0.2, 0.25) is 0 Å². The molecule has 0 fully saturated rings. The van der Waals surface area contributed by atoms with Gasteiger partial charge in [-0.05, 0) is 12.1 Å². The zero-order valence-corrected chi connectivity index (χ0v) is 8.71. The molecule has 0 radical (unpaired) electrons. The predicted molar refractivity (Wildman–Crippen MR) is 55.1 cm³/mol. The van der Waals surface area contributed by atoms with Crippen molar-refractivity contribution in [2.75, 3.05) is 24.7 Å². The van der Waals surface area contributed by atoms with E-state index in [0.29, 0.717) is 12.2 Å². The normalized spacial score (nSPS) is 11.3. The van der Waals surface area contributed by atoms with Gasteiger partial charge in [-0.25, -0.2) is 8.42 Å². The molecule has 1 aromatic rings. The molecule has 78 valence electrons. The monoisotopic (exact) mass is 215 g/mol. The molecule has 4 nitrogen and oxygen atoms in total. The van der Waals surface area contributed by atoms with Gasteiger partial charge in [0.05, 0.1) is 17.2 Å². The van der Waals surface area contributed by atoms with Crippen LogP contribution in [0.25, 0.3) is 0 Å². The summed E-state index contributed by atoms with van der Waals surface area (Å²) in [6, 6.07) is 6.62. The van der Waals surface area contributed by atoms with Crippen LogP contribution in [-0.2, 0) is 9.84 Å². The summed E-state index contributed by atoms with van der Waals surface area (Å²) in [6.07, 6.45) is 1.16. The Kier molecular flexibility index (Phi) is 3.49. The molecule has 14 heavy (non-hydrogen) atoms. The molecular weight excluding hydrogens is 202 g/mol. The van der Waals surface area contributed by atoms with Gasteiger partial charge in [0.15, 0.2) is 9.84 Å². The molecule has 1 aromatic carbocycles. The first-order chi connectivity index (χ1) is 6.55. The number of aliphatic hydroxyl groups is 1. The molecule has 0 heterocycles. The number of anilines is 1. The molecule has 0 aromatic heterocycles. The lowest BCUT2D eigenvalue weighted by Gasteiger charge is -2.08. The molecule has 2 N–H and O–H groups in total. The van der Waals surface area contributed by atoms with Crippen molar-refractivity contribution in [1.29, 1.82) is 0 Å². The smallest absolute Gasteiger partial charge is 0.177 e. The van der Waals surface area contributed by atoms with E-state index in [9.17, 15) is 8.42 Å². The molecule has 0 aliphatic carbocycles. The molecule has 0 amide bonds. The summed E-state index contributed by atoms with van der Waals surface area (Å²) in [5.41, 5.74) is 0.532. The largest absolute Gasteiger partial charge is 0.395 e. The van der Waals surface area contributed by atoms with Crippen LogP contribution in [0.4, 0.5) is 5.69 Å². The van der Waals surface area contributed by atoms with Crippen molar-refractivity contribution >= 4 is 15.5 Å². The average Bonchev–Trinajstić information content (AvgIpc) is 2.14. The van der Waals surface area contributed by atoms with Gasteiger partial charge >= 0.3 is 0 Å². The van der Waals surface area contributed by atoms with E-state index in [2.05, 4.69) is 5.32 Å². The van der Waals surface area contributed by atoms with Gasteiger partial charge in [0.2, 0.25) is 0 Å². The third-order valence-corrected chi connectivity index (χ3v) is 2.87. The second-order valence-corrected chi connectivity index (χ2v) is 4.90. The summed E-state index contributed by atoms with van der Waals surface area (Å²) < 4.78 is 22.6. The Labute approximate surface area is 83.5 Å². The number of rotatable bonds is 4. The van der Waals surface area contributed by atoms with Crippen LogP contribution in [0.3, 0.4) is 0 Å². The maximum atomic E-state index is 11.3. The van der Waals surface area contributed by atoms with Crippen LogP contribution in [0.15, 0.2) is 29.2 Å². The summed E-state index contributed by atoms with van der Waals surface area (Å²) in [7, 11) is -3.21. The van der Waals surface area contributed by atoms with E-state index in [1.54, 1.807) is 18.2 Å². The Morgan fingerprint density at radius 3 is 2.57 bits per heavy atom. The van der Waals surface area contributed by atoms with Crippen LogP contribution >= 0.6 is 0 Å². The molecule has 0 saturated heterocycles. The molecule has 0 aliphatic rings. The first-order valence-corrected chi connectivity index (χ1v) is 6.08. The van der Waals surface area contributed by atoms with E-state index in [1.807, 2.05) is 0 Å². The Bertz CT molecular complexity index is 400. The highest BCUT2D eigenvalue weighted by atomic mass is 32.2. The van der Waals surface area contributed by atoms with Gasteiger partial charge in [-0.3, -0.25) is 0 Å². The first-order valence-electron chi connectivity index (χ1n) is 4.19. The topological polar surface area (TPSA) is 66.4 Å². The van der Waals surface area contributed by atoms with Crippen molar-refractivity contribution in [3.05, 3.63) is 24.3 Å². The van der Waals surface area contributed by atoms with Crippen LogP contribution in [0, 0.1) is 0 Å². The lowest BCUT2D eigenvalue weighted by Crippen LogP contribution is -2.09. The van der Waals surface area contributed by atoms with Gasteiger partial charge < -0.3 is 10.4 Å². The molecule has 0 unspecified atom stereocenters. The lowest BCUT2D eigenvalue weighted by atomic mass is 10.3. The highest BCUT2D eigenvalue weighted by Gasteiger charge is 2.11. The van der Waals surface area contributed by atoms with Crippen LogP contribution < -0.4 is 5.32 Å². The number of benzene rings is 1. The Morgan fingerprint density at radius 1 is 1.36 bits per heavy atom. The van der Waals surface area contributed by atoms with Gasteiger partial charge in [0.1, 0.15) is 0 Å². The third kappa shape index (κ3) is 2.71. The fourth-order valence-electron chi connectivity index (χ4n) is 1.13. The minimum absolute atomic E-state index is 0.0297. The average molecular weight is 215 g/mol. The van der Waals surface area contributed by atoms with Gasteiger partial charge in [-0.2, -0.15) is 0 Å². The molecule has 0 spiro atoms. The minimum atomic E-state index is -3.21. The summed E-state index contributed by atoms with van der Waals surface area (Å²) in [5, 5.41) is 11.4. The Morgan fingerprint density at radius 2 is 2.00 bits per heavy atom. The van der Waals surface area contributed by atoms with E-state index < -0.39 is 9.84 Å². The Hall–Kier alpha value is -1.07. The van der Waals surface area contributed by atoms with Crippen LogP contribution in [-0.4, -0.2) is 32.9 Å². The predicted octanol–water partition coefficient (Wildman–Crippen LogP) is 0.494. The first kappa shape index (κ1) is 11.0. The standard InChI is InChI=1S/C9H13NO3S/c1-14(12,13)9-5-3-2-4-8(9)10-6-7-11/h2-5,10-11H,6-7H2,1H3. The molecular formula is C9H13NO3S. The number of para-hydroxylation sites is 1.